The number of rotatable bonds is 34. The van der Waals surface area contributed by atoms with Gasteiger partial charge in [-0.2, -0.15) is 0 Å². The summed E-state index contributed by atoms with van der Waals surface area (Å²) in [5.41, 5.74) is 0. The predicted octanol–water partition coefficient (Wildman–Crippen LogP) is 12.8. The van der Waals surface area contributed by atoms with Crippen LogP contribution in [0, 0.1) is 0 Å². The van der Waals surface area contributed by atoms with E-state index in [0.717, 1.165) is 109 Å². The Morgan fingerprint density at radius 3 is 1.27 bits per heavy atom. The first-order valence-electron chi connectivity index (χ1n) is 19.5. The fourth-order valence-corrected chi connectivity index (χ4v) is 4.75. The highest BCUT2D eigenvalue weighted by molar-refractivity contribution is 5.69. The zero-order valence-corrected chi connectivity index (χ0v) is 31.4. The Balaban J connectivity index is 3.62. The highest BCUT2D eigenvalue weighted by Crippen LogP contribution is 2.09. The minimum Gasteiger partial charge on any atom is -0.457 e. The van der Waals surface area contributed by atoms with Crippen LogP contribution in [0.1, 0.15) is 142 Å². The quantitative estimate of drug-likeness (QED) is 0.0419. The van der Waals surface area contributed by atoms with E-state index in [1.165, 1.54) is 12.8 Å². The summed E-state index contributed by atoms with van der Waals surface area (Å²) in [4.78, 5) is 12.2. The van der Waals surface area contributed by atoms with Gasteiger partial charge in [0.15, 0.2) is 0 Å². The first kappa shape index (κ1) is 46.1. The average molecular weight is 677 g/mol. The Labute approximate surface area is 302 Å². The number of esters is 1. The van der Waals surface area contributed by atoms with Crippen molar-refractivity contribution in [3.63, 3.8) is 0 Å². The fraction of sp³-hybridized carbons (Fsp3) is 0.578. The highest BCUT2D eigenvalue weighted by atomic mass is 16.6. The summed E-state index contributed by atoms with van der Waals surface area (Å²) in [7, 11) is 0. The van der Waals surface area contributed by atoms with Gasteiger partial charge in [0, 0.05) is 13.0 Å². The molecule has 4 nitrogen and oxygen atoms in total. The summed E-state index contributed by atoms with van der Waals surface area (Å²) < 4.78 is 11.1. The Morgan fingerprint density at radius 2 is 0.857 bits per heavy atom. The number of carbonyl (C=O) groups excluding carboxylic acids is 1. The second kappa shape index (κ2) is 41.2. The van der Waals surface area contributed by atoms with Crippen molar-refractivity contribution in [1.82, 2.24) is 0 Å². The van der Waals surface area contributed by atoms with Gasteiger partial charge < -0.3 is 14.6 Å². The van der Waals surface area contributed by atoms with Crippen molar-refractivity contribution >= 4 is 5.97 Å². The molecular weight excluding hydrogens is 604 g/mol. The molecule has 0 aliphatic heterocycles. The van der Waals surface area contributed by atoms with E-state index in [1.54, 1.807) is 0 Å². The molecule has 0 aromatic heterocycles. The van der Waals surface area contributed by atoms with E-state index in [-0.39, 0.29) is 19.2 Å². The van der Waals surface area contributed by atoms with Crippen LogP contribution in [0.3, 0.4) is 0 Å². The molecule has 0 fully saturated rings. The van der Waals surface area contributed by atoms with Crippen LogP contribution < -0.4 is 0 Å². The number of ether oxygens (including phenoxy) is 2. The van der Waals surface area contributed by atoms with Crippen LogP contribution >= 0.6 is 0 Å². The Bertz CT molecular complexity index is 976. The van der Waals surface area contributed by atoms with Crippen molar-refractivity contribution in [2.24, 2.45) is 0 Å². The average Bonchev–Trinajstić information content (AvgIpc) is 3.11. The van der Waals surface area contributed by atoms with Crippen LogP contribution in [0.5, 0.6) is 0 Å². The topological polar surface area (TPSA) is 55.8 Å². The van der Waals surface area contributed by atoms with Gasteiger partial charge in [0.05, 0.1) is 13.2 Å². The second-order valence-electron chi connectivity index (χ2n) is 12.2. The number of unbranched alkanes of at least 4 members (excludes halogenated alkanes) is 8. The predicted molar refractivity (Wildman–Crippen MR) is 214 cm³/mol. The molecule has 1 N–H and O–H groups in total. The summed E-state index contributed by atoms with van der Waals surface area (Å²) in [6.45, 7) is 5.01. The van der Waals surface area contributed by atoms with Gasteiger partial charge >= 0.3 is 5.97 Å². The molecule has 49 heavy (non-hydrogen) atoms. The van der Waals surface area contributed by atoms with E-state index < -0.39 is 6.10 Å². The lowest BCUT2D eigenvalue weighted by molar-refractivity contribution is -0.154. The van der Waals surface area contributed by atoms with Gasteiger partial charge in [0.1, 0.15) is 6.10 Å². The maximum atomic E-state index is 12.2. The Morgan fingerprint density at radius 1 is 0.490 bits per heavy atom. The number of carbonyl (C=O) groups is 1. The zero-order chi connectivity index (χ0) is 35.6. The maximum Gasteiger partial charge on any atom is 0.306 e. The summed E-state index contributed by atoms with van der Waals surface area (Å²) in [5, 5.41) is 9.57. The molecule has 1 unspecified atom stereocenters. The van der Waals surface area contributed by atoms with Gasteiger partial charge in [-0.1, -0.05) is 149 Å². The number of hydrogen-bond acceptors (Lipinski definition) is 4. The molecule has 0 aliphatic carbocycles. The Hall–Kier alpha value is -2.95. The first-order valence-corrected chi connectivity index (χ1v) is 19.5. The lowest BCUT2D eigenvalue weighted by Gasteiger charge is -2.15. The van der Waals surface area contributed by atoms with Gasteiger partial charge in [0.2, 0.25) is 0 Å². The number of hydrogen-bond donors (Lipinski definition) is 1. The highest BCUT2D eigenvalue weighted by Gasteiger charge is 2.13. The van der Waals surface area contributed by atoms with Gasteiger partial charge in [0.25, 0.3) is 0 Å². The molecule has 0 saturated heterocycles. The van der Waals surface area contributed by atoms with Gasteiger partial charge in [-0.3, -0.25) is 4.79 Å². The van der Waals surface area contributed by atoms with Crippen LogP contribution in [0.4, 0.5) is 0 Å². The van der Waals surface area contributed by atoms with E-state index >= 15 is 0 Å². The zero-order valence-electron chi connectivity index (χ0n) is 31.4. The van der Waals surface area contributed by atoms with Gasteiger partial charge in [-0.05, 0) is 96.3 Å². The molecule has 0 spiro atoms. The van der Waals surface area contributed by atoms with Crippen molar-refractivity contribution in [3.8, 4) is 0 Å². The lowest BCUT2D eigenvalue weighted by atomic mass is 10.1. The van der Waals surface area contributed by atoms with Crippen molar-refractivity contribution in [2.75, 3.05) is 19.8 Å². The third-order valence-electron chi connectivity index (χ3n) is 7.59. The van der Waals surface area contributed by atoms with Crippen LogP contribution in [-0.4, -0.2) is 37.0 Å². The molecule has 1 atom stereocenters. The molecule has 0 aliphatic rings. The second-order valence-corrected chi connectivity index (χ2v) is 12.2. The standard InChI is InChI=1S/C45H72O4/c1-3-5-7-9-11-13-15-17-19-20-21-22-23-24-25-26-27-28-30-32-34-36-38-40-45(47)49-44(42-46)43-48-41-39-37-35-33-31-29-18-16-14-12-10-8-6-4-2/h5-8,11-14,17-19,21-22,24-25,27-29,44,46H,3-4,9-10,15-16,20,23,26,30-43H2,1-2H3/b7-5-,8-6-,13-11-,14-12-,19-17-,22-21-,25-24-,28-27-,29-18-. The number of allylic oxidation sites excluding steroid dienone is 18. The summed E-state index contributed by atoms with van der Waals surface area (Å²) in [6.07, 6.45) is 59.9. The SMILES string of the molecule is CC/C=C\C/C=C\C/C=C\C/C=C\C/C=C\C/C=C\CCCCCCC(=O)OC(CO)COCCCCCC/C=C\C/C=C\C/C=C\CC. The molecular formula is C45H72O4. The Kier molecular flexibility index (Phi) is 38.7. The number of aliphatic hydroxyl groups is 1. The smallest absolute Gasteiger partial charge is 0.306 e. The fourth-order valence-electron chi connectivity index (χ4n) is 4.75. The summed E-state index contributed by atoms with van der Waals surface area (Å²) >= 11 is 0. The van der Waals surface area contributed by atoms with Crippen LogP contribution in [0.2, 0.25) is 0 Å². The molecule has 0 heterocycles. The van der Waals surface area contributed by atoms with E-state index in [9.17, 15) is 9.90 Å². The maximum absolute atomic E-state index is 12.2. The first-order chi connectivity index (χ1) is 24.2. The van der Waals surface area contributed by atoms with E-state index in [0.29, 0.717) is 13.0 Å². The van der Waals surface area contributed by atoms with E-state index in [1.807, 2.05) is 0 Å². The lowest BCUT2D eigenvalue weighted by Crippen LogP contribution is -2.27. The third kappa shape index (κ3) is 39.4. The molecule has 4 heteroatoms. The molecule has 0 amide bonds. The van der Waals surface area contributed by atoms with Gasteiger partial charge in [-0.15, -0.1) is 0 Å². The molecule has 0 radical (unpaired) electrons. The van der Waals surface area contributed by atoms with Crippen molar-refractivity contribution < 1.29 is 19.4 Å². The van der Waals surface area contributed by atoms with E-state index in [2.05, 4.69) is 123 Å². The minimum absolute atomic E-state index is 0.200. The molecule has 0 aromatic rings. The monoisotopic (exact) mass is 677 g/mol. The van der Waals surface area contributed by atoms with E-state index in [4.69, 9.17) is 9.47 Å². The van der Waals surface area contributed by atoms with Crippen molar-refractivity contribution in [1.29, 1.82) is 0 Å². The molecule has 276 valence electrons. The third-order valence-corrected chi connectivity index (χ3v) is 7.59. The van der Waals surface area contributed by atoms with Crippen LogP contribution in [0.15, 0.2) is 109 Å². The van der Waals surface area contributed by atoms with Crippen molar-refractivity contribution in [2.45, 2.75) is 148 Å². The number of aliphatic hydroxyl groups excluding tert-OH is 1. The normalized spacial score (nSPS) is 13.6. The van der Waals surface area contributed by atoms with Crippen LogP contribution in [0.25, 0.3) is 0 Å². The molecule has 0 rings (SSSR count). The summed E-state index contributed by atoms with van der Waals surface area (Å²) in [6, 6.07) is 0. The minimum atomic E-state index is -0.567. The summed E-state index contributed by atoms with van der Waals surface area (Å²) in [5.74, 6) is -0.239. The van der Waals surface area contributed by atoms with Crippen molar-refractivity contribution in [3.05, 3.63) is 109 Å². The van der Waals surface area contributed by atoms with Gasteiger partial charge in [-0.25, -0.2) is 0 Å². The van der Waals surface area contributed by atoms with Crippen LogP contribution in [-0.2, 0) is 14.3 Å². The molecule has 0 bridgehead atoms. The molecule has 0 saturated carbocycles. The molecule has 0 aromatic carbocycles. The largest absolute Gasteiger partial charge is 0.457 e.